The number of ether oxygens (including phenoxy) is 1. The summed E-state index contributed by atoms with van der Waals surface area (Å²) < 4.78 is 5.40. The molecule has 0 aliphatic rings. The van der Waals surface area contributed by atoms with Crippen LogP contribution in [-0.2, 0) is 11.2 Å². The van der Waals surface area contributed by atoms with Crippen molar-refractivity contribution in [1.29, 1.82) is 0 Å². The van der Waals surface area contributed by atoms with Gasteiger partial charge in [-0.05, 0) is 24.3 Å². The highest BCUT2D eigenvalue weighted by molar-refractivity contribution is 7.09. The summed E-state index contributed by atoms with van der Waals surface area (Å²) in [6.45, 7) is 0.549. The summed E-state index contributed by atoms with van der Waals surface area (Å²) in [4.78, 5) is 20.6. The first-order valence-electron chi connectivity index (χ1n) is 7.61. The van der Waals surface area contributed by atoms with Crippen LogP contribution in [0.3, 0.4) is 0 Å². The molecule has 2 heterocycles. The van der Waals surface area contributed by atoms with Crippen molar-refractivity contribution >= 4 is 17.2 Å². The van der Waals surface area contributed by atoms with Gasteiger partial charge < -0.3 is 10.1 Å². The highest BCUT2D eigenvalue weighted by atomic mass is 32.1. The molecule has 0 saturated carbocycles. The predicted octanol–water partition coefficient (Wildman–Crippen LogP) is 2.94. The van der Waals surface area contributed by atoms with Gasteiger partial charge in [0.1, 0.15) is 5.75 Å². The average Bonchev–Trinajstić information content (AvgIpc) is 3.11. The van der Waals surface area contributed by atoms with Crippen molar-refractivity contribution in [3.8, 4) is 17.1 Å². The van der Waals surface area contributed by atoms with Crippen molar-refractivity contribution in [2.45, 2.75) is 6.42 Å². The first-order valence-corrected chi connectivity index (χ1v) is 8.49. The summed E-state index contributed by atoms with van der Waals surface area (Å²) in [5.41, 5.74) is 1.73. The Morgan fingerprint density at radius 3 is 2.71 bits per heavy atom. The summed E-state index contributed by atoms with van der Waals surface area (Å²) in [5.74, 6) is 0.549. The molecule has 122 valence electrons. The van der Waals surface area contributed by atoms with Gasteiger partial charge in [0.05, 0.1) is 16.4 Å². The molecule has 0 bridgehead atoms. The Kier molecular flexibility index (Phi) is 5.52. The Hall–Kier alpha value is -2.73. The van der Waals surface area contributed by atoms with Crippen LogP contribution in [0, 0.1) is 0 Å². The number of para-hydroxylation sites is 1. The molecular formula is C18H17N3O2S. The van der Waals surface area contributed by atoms with E-state index in [-0.39, 0.29) is 12.5 Å². The minimum atomic E-state index is -0.139. The normalized spacial score (nSPS) is 10.3. The second-order valence-corrected chi connectivity index (χ2v) is 5.99. The number of rotatable bonds is 7. The molecule has 6 heteroatoms. The van der Waals surface area contributed by atoms with Gasteiger partial charge in [-0.2, -0.15) is 0 Å². The smallest absolute Gasteiger partial charge is 0.257 e. The lowest BCUT2D eigenvalue weighted by atomic mass is 10.3. The van der Waals surface area contributed by atoms with Gasteiger partial charge in [-0.15, -0.1) is 11.3 Å². The molecule has 0 fully saturated rings. The highest BCUT2D eigenvalue weighted by Crippen LogP contribution is 2.19. The van der Waals surface area contributed by atoms with Crippen molar-refractivity contribution in [1.82, 2.24) is 15.3 Å². The third kappa shape index (κ3) is 4.63. The zero-order valence-corrected chi connectivity index (χ0v) is 13.8. The minimum Gasteiger partial charge on any atom is -0.484 e. The molecule has 0 unspecified atom stereocenters. The third-order valence-corrected chi connectivity index (χ3v) is 4.16. The predicted molar refractivity (Wildman–Crippen MR) is 94.0 cm³/mol. The molecule has 1 N–H and O–H groups in total. The summed E-state index contributed by atoms with van der Waals surface area (Å²) in [6, 6.07) is 15.0. The van der Waals surface area contributed by atoms with Crippen LogP contribution in [0.25, 0.3) is 11.4 Å². The van der Waals surface area contributed by atoms with E-state index in [1.807, 2.05) is 53.9 Å². The molecule has 0 atom stereocenters. The summed E-state index contributed by atoms with van der Waals surface area (Å²) in [7, 11) is 0. The molecule has 0 saturated heterocycles. The fraction of sp³-hybridized carbons (Fsp3) is 0.167. The van der Waals surface area contributed by atoms with E-state index in [4.69, 9.17) is 4.74 Å². The molecule has 3 rings (SSSR count). The van der Waals surface area contributed by atoms with Crippen LogP contribution in [0.5, 0.6) is 5.75 Å². The van der Waals surface area contributed by atoms with E-state index >= 15 is 0 Å². The van der Waals surface area contributed by atoms with Crippen molar-refractivity contribution in [2.75, 3.05) is 13.2 Å². The van der Waals surface area contributed by atoms with Crippen LogP contribution in [0.2, 0.25) is 0 Å². The second kappa shape index (κ2) is 8.21. The number of amides is 1. The quantitative estimate of drug-likeness (QED) is 0.719. The highest BCUT2D eigenvalue weighted by Gasteiger charge is 2.06. The zero-order valence-electron chi connectivity index (χ0n) is 13.0. The molecule has 24 heavy (non-hydrogen) atoms. The first-order chi connectivity index (χ1) is 11.8. The summed E-state index contributed by atoms with van der Waals surface area (Å²) >= 11 is 1.57. The maximum absolute atomic E-state index is 11.8. The lowest BCUT2D eigenvalue weighted by molar-refractivity contribution is -0.123. The number of hydrogen-bond donors (Lipinski definition) is 1. The largest absolute Gasteiger partial charge is 0.484 e. The number of nitrogens with zero attached hydrogens (tertiary/aromatic N) is 2. The van der Waals surface area contributed by atoms with E-state index in [0.717, 1.165) is 16.4 Å². The van der Waals surface area contributed by atoms with Crippen LogP contribution in [0.4, 0.5) is 0 Å². The number of carbonyl (C=O) groups is 1. The van der Waals surface area contributed by atoms with Crippen molar-refractivity contribution in [2.24, 2.45) is 0 Å². The molecule has 0 aliphatic carbocycles. The maximum atomic E-state index is 11.8. The van der Waals surface area contributed by atoms with E-state index < -0.39 is 0 Å². The summed E-state index contributed by atoms with van der Waals surface area (Å²) in [5, 5.41) is 5.79. The lowest BCUT2D eigenvalue weighted by Gasteiger charge is -2.06. The van der Waals surface area contributed by atoms with Crippen LogP contribution in [0.1, 0.15) is 5.01 Å². The number of pyridine rings is 1. The third-order valence-electron chi connectivity index (χ3n) is 3.25. The molecule has 0 aliphatic heterocycles. The van der Waals surface area contributed by atoms with E-state index in [1.54, 1.807) is 17.5 Å². The molecule has 2 aromatic heterocycles. The standard InChI is InChI=1S/C18H17N3O2S/c22-17(12-23-14-6-2-1-3-7-14)20-11-9-18-21-16(13-24-18)15-8-4-5-10-19-15/h1-8,10,13H,9,11-12H2,(H,20,22). The summed E-state index contributed by atoms with van der Waals surface area (Å²) in [6.07, 6.45) is 2.44. The number of hydrogen-bond acceptors (Lipinski definition) is 5. The van der Waals surface area contributed by atoms with Crippen LogP contribution >= 0.6 is 11.3 Å². The van der Waals surface area contributed by atoms with Gasteiger partial charge in [-0.1, -0.05) is 24.3 Å². The number of aromatic nitrogens is 2. The first kappa shape index (κ1) is 16.1. The Balaban J connectivity index is 1.42. The molecule has 1 amide bonds. The van der Waals surface area contributed by atoms with E-state index in [2.05, 4.69) is 15.3 Å². The number of benzene rings is 1. The van der Waals surface area contributed by atoms with Gasteiger partial charge in [0.15, 0.2) is 6.61 Å². The van der Waals surface area contributed by atoms with Crippen LogP contribution in [0.15, 0.2) is 60.1 Å². The fourth-order valence-electron chi connectivity index (χ4n) is 2.08. The molecule has 0 spiro atoms. The van der Waals surface area contributed by atoms with E-state index in [1.165, 1.54) is 0 Å². The van der Waals surface area contributed by atoms with Gasteiger partial charge in [0.2, 0.25) is 0 Å². The SMILES string of the molecule is O=C(COc1ccccc1)NCCc1nc(-c2ccccn2)cs1. The Labute approximate surface area is 144 Å². The van der Waals surface area contributed by atoms with Crippen molar-refractivity contribution in [3.05, 3.63) is 65.1 Å². The second-order valence-electron chi connectivity index (χ2n) is 5.04. The van der Waals surface area contributed by atoms with Gasteiger partial charge >= 0.3 is 0 Å². The Bertz CT molecular complexity index is 775. The topological polar surface area (TPSA) is 64.1 Å². The lowest BCUT2D eigenvalue weighted by Crippen LogP contribution is -2.30. The Morgan fingerprint density at radius 1 is 1.08 bits per heavy atom. The molecule has 0 radical (unpaired) electrons. The molecule has 3 aromatic rings. The average molecular weight is 339 g/mol. The zero-order chi connectivity index (χ0) is 16.6. The van der Waals surface area contributed by atoms with E-state index in [9.17, 15) is 4.79 Å². The van der Waals surface area contributed by atoms with E-state index in [0.29, 0.717) is 18.7 Å². The van der Waals surface area contributed by atoms with Gasteiger partial charge in [0, 0.05) is 24.5 Å². The van der Waals surface area contributed by atoms with Crippen molar-refractivity contribution < 1.29 is 9.53 Å². The van der Waals surface area contributed by atoms with Gasteiger partial charge in [-0.3, -0.25) is 9.78 Å². The monoisotopic (exact) mass is 339 g/mol. The Morgan fingerprint density at radius 2 is 1.92 bits per heavy atom. The van der Waals surface area contributed by atoms with Crippen LogP contribution < -0.4 is 10.1 Å². The minimum absolute atomic E-state index is 0.0149. The molecule has 1 aromatic carbocycles. The fourth-order valence-corrected chi connectivity index (χ4v) is 2.88. The number of thiazole rings is 1. The molecular weight excluding hydrogens is 322 g/mol. The number of carbonyl (C=O) groups excluding carboxylic acids is 1. The maximum Gasteiger partial charge on any atom is 0.257 e. The van der Waals surface area contributed by atoms with Gasteiger partial charge in [-0.25, -0.2) is 4.98 Å². The van der Waals surface area contributed by atoms with Crippen LogP contribution in [-0.4, -0.2) is 29.0 Å². The van der Waals surface area contributed by atoms with Gasteiger partial charge in [0.25, 0.3) is 5.91 Å². The van der Waals surface area contributed by atoms with Crippen molar-refractivity contribution in [3.63, 3.8) is 0 Å². The number of nitrogens with one attached hydrogen (secondary N) is 1. The molecule has 5 nitrogen and oxygen atoms in total.